The van der Waals surface area contributed by atoms with E-state index in [1.807, 2.05) is 6.92 Å². The summed E-state index contributed by atoms with van der Waals surface area (Å²) in [6.07, 6.45) is -0.543. The number of thioether (sulfide) groups is 1. The molecular formula is C11H19NO4S. The molecule has 1 unspecified atom stereocenters. The Morgan fingerprint density at radius 1 is 1.47 bits per heavy atom. The second-order valence-corrected chi connectivity index (χ2v) is 5.42. The van der Waals surface area contributed by atoms with Crippen LogP contribution < -0.4 is 5.32 Å². The molecule has 0 bridgehead atoms. The molecule has 2 N–H and O–H groups in total. The molecular weight excluding hydrogens is 242 g/mol. The van der Waals surface area contributed by atoms with E-state index in [0.29, 0.717) is 12.8 Å². The summed E-state index contributed by atoms with van der Waals surface area (Å²) in [7, 11) is 0. The van der Waals surface area contributed by atoms with Crippen LogP contribution in [0.3, 0.4) is 0 Å². The molecule has 0 spiro atoms. The number of amides is 1. The van der Waals surface area contributed by atoms with E-state index in [9.17, 15) is 9.59 Å². The second kappa shape index (κ2) is 6.86. The van der Waals surface area contributed by atoms with E-state index < -0.39 is 18.2 Å². The molecule has 3 atom stereocenters. The first-order valence-electron chi connectivity index (χ1n) is 5.81. The third-order valence-corrected chi connectivity index (χ3v) is 3.69. The van der Waals surface area contributed by atoms with Crippen molar-refractivity contribution in [1.82, 2.24) is 5.32 Å². The molecule has 5 nitrogen and oxygen atoms in total. The van der Waals surface area contributed by atoms with Crippen LogP contribution in [0.15, 0.2) is 0 Å². The average molecular weight is 261 g/mol. The lowest BCUT2D eigenvalue weighted by molar-refractivity contribution is -0.151. The van der Waals surface area contributed by atoms with E-state index in [2.05, 4.69) is 12.2 Å². The zero-order valence-electron chi connectivity index (χ0n) is 10.1. The number of ether oxygens (including phenoxy) is 1. The Morgan fingerprint density at radius 2 is 2.12 bits per heavy atom. The number of rotatable bonds is 6. The fourth-order valence-corrected chi connectivity index (χ4v) is 2.36. The largest absolute Gasteiger partial charge is 0.479 e. The first kappa shape index (κ1) is 14.3. The summed E-state index contributed by atoms with van der Waals surface area (Å²) in [5, 5.41) is 11.6. The molecule has 0 aliphatic carbocycles. The zero-order chi connectivity index (χ0) is 12.8. The zero-order valence-corrected chi connectivity index (χ0v) is 11.0. The minimum absolute atomic E-state index is 0.0833. The van der Waals surface area contributed by atoms with Gasteiger partial charge >= 0.3 is 5.97 Å². The van der Waals surface area contributed by atoms with Gasteiger partial charge in [-0.2, -0.15) is 11.8 Å². The molecule has 0 aromatic heterocycles. The number of carbonyl (C=O) groups is 2. The number of nitrogens with one attached hydrogen (secondary N) is 1. The minimum Gasteiger partial charge on any atom is -0.479 e. The van der Waals surface area contributed by atoms with Gasteiger partial charge in [-0.1, -0.05) is 6.92 Å². The number of carboxylic acids is 1. The molecule has 0 aromatic rings. The molecule has 1 fully saturated rings. The third kappa shape index (κ3) is 4.55. The molecule has 1 aliphatic heterocycles. The molecule has 98 valence electrons. The van der Waals surface area contributed by atoms with E-state index >= 15 is 0 Å². The summed E-state index contributed by atoms with van der Waals surface area (Å²) in [4.78, 5) is 22.4. The summed E-state index contributed by atoms with van der Waals surface area (Å²) in [5.74, 6) is 0.686. The second-order valence-electron chi connectivity index (χ2n) is 4.10. The van der Waals surface area contributed by atoms with Crippen molar-refractivity contribution in [3.05, 3.63) is 0 Å². The lowest BCUT2D eigenvalue weighted by atomic mass is 10.2. The van der Waals surface area contributed by atoms with Crippen molar-refractivity contribution in [1.29, 1.82) is 0 Å². The summed E-state index contributed by atoms with van der Waals surface area (Å²) >= 11 is 1.76. The Labute approximate surface area is 105 Å². The van der Waals surface area contributed by atoms with Gasteiger partial charge in [0, 0.05) is 11.8 Å². The highest BCUT2D eigenvalue weighted by Crippen LogP contribution is 2.20. The molecule has 17 heavy (non-hydrogen) atoms. The van der Waals surface area contributed by atoms with Gasteiger partial charge in [0.1, 0.15) is 6.10 Å². The Hall–Kier alpha value is -0.750. The van der Waals surface area contributed by atoms with Gasteiger partial charge in [0.2, 0.25) is 5.91 Å². The number of carboxylic acid groups (broad SMARTS) is 1. The molecule has 1 amide bonds. The lowest BCUT2D eigenvalue weighted by Gasteiger charge is -2.16. The highest BCUT2D eigenvalue weighted by molar-refractivity contribution is 7.99. The van der Waals surface area contributed by atoms with Crippen LogP contribution in [0.2, 0.25) is 0 Å². The van der Waals surface area contributed by atoms with Gasteiger partial charge in [-0.15, -0.1) is 0 Å². The number of hydrogen-bond donors (Lipinski definition) is 2. The van der Waals surface area contributed by atoms with E-state index in [1.165, 1.54) is 0 Å². The minimum atomic E-state index is -0.991. The van der Waals surface area contributed by atoms with E-state index in [1.54, 1.807) is 11.8 Å². The Balaban J connectivity index is 2.31. The van der Waals surface area contributed by atoms with Gasteiger partial charge < -0.3 is 15.2 Å². The van der Waals surface area contributed by atoms with Crippen LogP contribution in [0.1, 0.15) is 26.7 Å². The fourth-order valence-electron chi connectivity index (χ4n) is 1.68. The van der Waals surface area contributed by atoms with Crippen LogP contribution in [0.25, 0.3) is 0 Å². The van der Waals surface area contributed by atoms with Crippen molar-refractivity contribution in [2.75, 3.05) is 11.5 Å². The van der Waals surface area contributed by atoms with Crippen molar-refractivity contribution >= 4 is 23.6 Å². The van der Waals surface area contributed by atoms with Crippen LogP contribution in [0.4, 0.5) is 0 Å². The van der Waals surface area contributed by atoms with Gasteiger partial charge in [-0.05, 0) is 25.5 Å². The topological polar surface area (TPSA) is 75.6 Å². The summed E-state index contributed by atoms with van der Waals surface area (Å²) in [6, 6.07) is 0.0833. The highest BCUT2D eigenvalue weighted by Gasteiger charge is 2.34. The van der Waals surface area contributed by atoms with Crippen LogP contribution in [0, 0.1) is 0 Å². The smallest absolute Gasteiger partial charge is 0.332 e. The van der Waals surface area contributed by atoms with Crippen LogP contribution in [-0.4, -0.2) is 46.7 Å². The third-order valence-electron chi connectivity index (χ3n) is 2.55. The molecule has 1 aliphatic rings. The average Bonchev–Trinajstić information content (AvgIpc) is 2.75. The molecule has 1 saturated heterocycles. The molecule has 0 saturated carbocycles. The van der Waals surface area contributed by atoms with Crippen LogP contribution in [0.5, 0.6) is 0 Å². The lowest BCUT2D eigenvalue weighted by Crippen LogP contribution is -2.41. The Bertz CT molecular complexity index is 285. The van der Waals surface area contributed by atoms with Crippen molar-refractivity contribution in [2.24, 2.45) is 0 Å². The highest BCUT2D eigenvalue weighted by atomic mass is 32.2. The monoisotopic (exact) mass is 261 g/mol. The SMILES string of the molecule is CCSCC(C)NC(=O)[C@@H]1CC[C@H](C(=O)O)O1. The van der Waals surface area contributed by atoms with E-state index in [4.69, 9.17) is 9.84 Å². The first-order valence-corrected chi connectivity index (χ1v) is 6.96. The predicted octanol–water partition coefficient (Wildman–Crippen LogP) is 0.876. The molecule has 0 radical (unpaired) electrons. The molecule has 6 heteroatoms. The summed E-state index contributed by atoms with van der Waals surface area (Å²) in [5.41, 5.74) is 0. The predicted molar refractivity (Wildman–Crippen MR) is 66.1 cm³/mol. The van der Waals surface area contributed by atoms with E-state index in [-0.39, 0.29) is 11.9 Å². The molecule has 0 aromatic carbocycles. The number of hydrogen-bond acceptors (Lipinski definition) is 4. The maximum absolute atomic E-state index is 11.7. The summed E-state index contributed by atoms with van der Waals surface area (Å²) < 4.78 is 5.17. The van der Waals surface area contributed by atoms with Crippen molar-refractivity contribution in [3.8, 4) is 0 Å². The van der Waals surface area contributed by atoms with Crippen LogP contribution >= 0.6 is 11.8 Å². The maximum Gasteiger partial charge on any atom is 0.332 e. The number of carbonyl (C=O) groups excluding carboxylic acids is 1. The Morgan fingerprint density at radius 3 is 2.65 bits per heavy atom. The van der Waals surface area contributed by atoms with Crippen molar-refractivity contribution in [3.63, 3.8) is 0 Å². The van der Waals surface area contributed by atoms with Gasteiger partial charge in [0.05, 0.1) is 0 Å². The first-order chi connectivity index (χ1) is 8.04. The van der Waals surface area contributed by atoms with Gasteiger partial charge in [-0.25, -0.2) is 4.79 Å². The summed E-state index contributed by atoms with van der Waals surface area (Å²) in [6.45, 7) is 4.00. The maximum atomic E-state index is 11.7. The molecule has 1 heterocycles. The quantitative estimate of drug-likeness (QED) is 0.742. The normalized spacial score (nSPS) is 25.5. The standard InChI is InChI=1S/C11H19NO4S/c1-3-17-6-7(2)12-10(13)8-4-5-9(16-8)11(14)15/h7-9H,3-6H2,1-2H3,(H,12,13)(H,14,15)/t7?,8-,9+/m0/s1. The Kier molecular flexibility index (Phi) is 5.77. The van der Waals surface area contributed by atoms with Gasteiger partial charge in [0.15, 0.2) is 6.10 Å². The number of aliphatic carboxylic acids is 1. The van der Waals surface area contributed by atoms with Crippen molar-refractivity contribution < 1.29 is 19.4 Å². The van der Waals surface area contributed by atoms with Gasteiger partial charge in [-0.3, -0.25) is 4.79 Å². The van der Waals surface area contributed by atoms with E-state index in [0.717, 1.165) is 11.5 Å². The van der Waals surface area contributed by atoms with Crippen LogP contribution in [-0.2, 0) is 14.3 Å². The van der Waals surface area contributed by atoms with Crippen molar-refractivity contribution in [2.45, 2.75) is 44.9 Å². The molecule has 1 rings (SSSR count). The van der Waals surface area contributed by atoms with Gasteiger partial charge in [0.25, 0.3) is 0 Å². The fraction of sp³-hybridized carbons (Fsp3) is 0.818.